The third-order valence-electron chi connectivity index (χ3n) is 5.13. The Hall–Kier alpha value is 0.360. The first kappa shape index (κ1) is 22.4. The Kier molecular flexibility index (Phi) is 7.04. The van der Waals surface area contributed by atoms with E-state index in [1.54, 1.807) is 34.6 Å². The highest BCUT2D eigenvalue weighted by Crippen LogP contribution is 2.51. The van der Waals surface area contributed by atoms with Crippen molar-refractivity contribution in [1.82, 2.24) is 0 Å². The van der Waals surface area contributed by atoms with Gasteiger partial charge in [0, 0.05) is 17.6 Å². The summed E-state index contributed by atoms with van der Waals surface area (Å²) < 4.78 is 63.3. The summed E-state index contributed by atoms with van der Waals surface area (Å²) in [7, 11) is 2.79. The predicted molar refractivity (Wildman–Crippen MR) is 93.1 cm³/mol. The zero-order chi connectivity index (χ0) is 19.0. The second-order valence-electron chi connectivity index (χ2n) is 6.60. The van der Waals surface area contributed by atoms with Gasteiger partial charge in [-0.3, -0.25) is 0 Å². The van der Waals surface area contributed by atoms with Crippen molar-refractivity contribution in [2.24, 2.45) is 5.92 Å². The molecule has 4 nitrogen and oxygen atoms in total. The van der Waals surface area contributed by atoms with E-state index in [-0.39, 0.29) is 0 Å². The molecule has 1 aliphatic rings. The van der Waals surface area contributed by atoms with E-state index in [9.17, 15) is 13.2 Å². The number of alkyl halides is 4. The number of hydrogen-bond donors (Lipinski definition) is 0. The predicted octanol–water partition coefficient (Wildman–Crippen LogP) is 4.69. The lowest BCUT2D eigenvalue weighted by Gasteiger charge is -2.55. The van der Waals surface area contributed by atoms with Crippen LogP contribution in [0.3, 0.4) is 0 Å². The first-order valence-corrected chi connectivity index (χ1v) is 9.11. The van der Waals surface area contributed by atoms with Gasteiger partial charge in [-0.2, -0.15) is 13.2 Å². The Labute approximate surface area is 155 Å². The van der Waals surface area contributed by atoms with Gasteiger partial charge in [-0.1, -0.05) is 36.4 Å². The molecule has 0 saturated carbocycles. The standard InChI is InChI=1S/C16H28F3IO4/c1-8-10-11(12(16(17,18)19)13(3,20)9-2)24-15(5,22-7)14(4,21-6)23-10/h10-12H,8-9H2,1-7H3/t10-,11+,12-,13?,14+,15+/m1/s1. The van der Waals surface area contributed by atoms with Crippen LogP contribution < -0.4 is 0 Å². The van der Waals surface area contributed by atoms with Gasteiger partial charge in [0.15, 0.2) is 0 Å². The van der Waals surface area contributed by atoms with Crippen molar-refractivity contribution >= 4 is 22.6 Å². The van der Waals surface area contributed by atoms with Gasteiger partial charge in [-0.25, -0.2) is 0 Å². The van der Waals surface area contributed by atoms with Crippen molar-refractivity contribution in [3.05, 3.63) is 0 Å². The van der Waals surface area contributed by atoms with E-state index in [0.29, 0.717) is 12.8 Å². The number of ether oxygens (including phenoxy) is 4. The maximum absolute atomic E-state index is 13.9. The van der Waals surface area contributed by atoms with Crippen molar-refractivity contribution in [2.45, 2.75) is 80.8 Å². The fourth-order valence-corrected chi connectivity index (χ4v) is 3.77. The highest BCUT2D eigenvalue weighted by molar-refractivity contribution is 14.1. The molecule has 1 aliphatic heterocycles. The fraction of sp³-hybridized carbons (Fsp3) is 1.00. The summed E-state index contributed by atoms with van der Waals surface area (Å²) in [4.78, 5) is 0. The van der Waals surface area contributed by atoms with Crippen LogP contribution in [0.15, 0.2) is 0 Å². The second-order valence-corrected chi connectivity index (χ2v) is 9.06. The lowest BCUT2D eigenvalue weighted by atomic mass is 9.82. The van der Waals surface area contributed by atoms with Gasteiger partial charge in [0.1, 0.15) is 6.10 Å². The zero-order valence-electron chi connectivity index (χ0n) is 15.3. The first-order valence-electron chi connectivity index (χ1n) is 8.03. The minimum atomic E-state index is -4.43. The van der Waals surface area contributed by atoms with Gasteiger partial charge in [-0.05, 0) is 33.6 Å². The zero-order valence-corrected chi connectivity index (χ0v) is 17.4. The molecular weight excluding hydrogens is 440 g/mol. The average Bonchev–Trinajstić information content (AvgIpc) is 2.49. The molecule has 0 aliphatic carbocycles. The Morgan fingerprint density at radius 1 is 1.08 bits per heavy atom. The molecule has 0 aromatic carbocycles. The van der Waals surface area contributed by atoms with Gasteiger partial charge >= 0.3 is 6.18 Å². The van der Waals surface area contributed by atoms with Crippen LogP contribution >= 0.6 is 22.6 Å². The highest BCUT2D eigenvalue weighted by Gasteiger charge is 2.63. The van der Waals surface area contributed by atoms with E-state index in [1.165, 1.54) is 14.2 Å². The monoisotopic (exact) mass is 468 g/mol. The fourth-order valence-electron chi connectivity index (χ4n) is 3.06. The average molecular weight is 468 g/mol. The third-order valence-corrected chi connectivity index (χ3v) is 6.56. The molecule has 0 bridgehead atoms. The van der Waals surface area contributed by atoms with Gasteiger partial charge < -0.3 is 18.9 Å². The van der Waals surface area contributed by atoms with Crippen LogP contribution in [-0.2, 0) is 18.9 Å². The van der Waals surface area contributed by atoms with Gasteiger partial charge in [0.2, 0.25) is 11.6 Å². The van der Waals surface area contributed by atoms with Crippen molar-refractivity contribution in [2.75, 3.05) is 14.2 Å². The number of rotatable bonds is 6. The number of methoxy groups -OCH3 is 2. The van der Waals surface area contributed by atoms with Crippen LogP contribution in [0.5, 0.6) is 0 Å². The molecule has 1 heterocycles. The van der Waals surface area contributed by atoms with Crippen LogP contribution in [0, 0.1) is 5.92 Å². The molecule has 0 radical (unpaired) electrons. The highest BCUT2D eigenvalue weighted by atomic mass is 127. The van der Waals surface area contributed by atoms with E-state index in [2.05, 4.69) is 0 Å². The van der Waals surface area contributed by atoms with Crippen LogP contribution in [-0.4, -0.2) is 47.6 Å². The van der Waals surface area contributed by atoms with E-state index >= 15 is 0 Å². The normalized spacial score (nSPS) is 38.6. The SMILES string of the molecule is CC[C@H]1O[C@](C)(OC)[C@@](C)(OC)O[C@@H]1[C@@H](C(F)(F)F)C(C)(I)CC. The second kappa shape index (κ2) is 7.54. The van der Waals surface area contributed by atoms with Crippen LogP contribution in [0.4, 0.5) is 13.2 Å². The summed E-state index contributed by atoms with van der Waals surface area (Å²) >= 11 is 1.87. The maximum atomic E-state index is 13.9. The van der Waals surface area contributed by atoms with Crippen LogP contribution in [0.1, 0.15) is 47.5 Å². The number of hydrogen-bond acceptors (Lipinski definition) is 4. The Balaban J connectivity index is 3.38. The van der Waals surface area contributed by atoms with Gasteiger partial charge in [0.05, 0.1) is 12.0 Å². The van der Waals surface area contributed by atoms with Crippen molar-refractivity contribution < 1.29 is 32.1 Å². The van der Waals surface area contributed by atoms with Crippen LogP contribution in [0.25, 0.3) is 0 Å². The molecule has 1 fully saturated rings. The molecule has 1 rings (SSSR count). The molecule has 0 amide bonds. The smallest absolute Gasteiger partial charge is 0.349 e. The molecule has 144 valence electrons. The van der Waals surface area contributed by atoms with Crippen molar-refractivity contribution in [3.63, 3.8) is 0 Å². The molecule has 0 spiro atoms. The van der Waals surface area contributed by atoms with Crippen molar-refractivity contribution in [1.29, 1.82) is 0 Å². The summed E-state index contributed by atoms with van der Waals surface area (Å²) in [6.45, 7) is 8.26. The Bertz CT molecular complexity index is 432. The van der Waals surface area contributed by atoms with E-state index in [1.807, 2.05) is 22.6 Å². The summed E-state index contributed by atoms with van der Waals surface area (Å²) in [6, 6.07) is 0. The van der Waals surface area contributed by atoms with Gasteiger partial charge in [0.25, 0.3) is 0 Å². The summed E-state index contributed by atoms with van der Waals surface area (Å²) in [6.07, 6.45) is -5.66. The maximum Gasteiger partial charge on any atom is 0.395 e. The summed E-state index contributed by atoms with van der Waals surface area (Å²) in [5.41, 5.74) is 0. The molecule has 6 atom stereocenters. The molecule has 24 heavy (non-hydrogen) atoms. The topological polar surface area (TPSA) is 36.9 Å². The van der Waals surface area contributed by atoms with E-state index < -0.39 is 39.3 Å². The lowest BCUT2D eigenvalue weighted by molar-refractivity contribution is -0.459. The van der Waals surface area contributed by atoms with E-state index in [4.69, 9.17) is 18.9 Å². The third kappa shape index (κ3) is 4.02. The largest absolute Gasteiger partial charge is 0.395 e. The molecular formula is C16H28F3IO4. The molecule has 0 N–H and O–H groups in total. The summed E-state index contributed by atoms with van der Waals surface area (Å²) in [5.74, 6) is -4.46. The van der Waals surface area contributed by atoms with Gasteiger partial charge in [-0.15, -0.1) is 0 Å². The van der Waals surface area contributed by atoms with E-state index in [0.717, 1.165) is 0 Å². The molecule has 0 aromatic rings. The summed E-state index contributed by atoms with van der Waals surface area (Å²) in [5, 5.41) is 0. The minimum Gasteiger partial charge on any atom is -0.349 e. The minimum absolute atomic E-state index is 0.347. The molecule has 8 heteroatoms. The lowest BCUT2D eigenvalue weighted by Crippen LogP contribution is -2.68. The Morgan fingerprint density at radius 2 is 1.54 bits per heavy atom. The Morgan fingerprint density at radius 3 is 1.88 bits per heavy atom. The molecule has 1 unspecified atom stereocenters. The number of halogens is 4. The van der Waals surface area contributed by atoms with Crippen molar-refractivity contribution in [3.8, 4) is 0 Å². The van der Waals surface area contributed by atoms with Crippen LogP contribution in [0.2, 0.25) is 0 Å². The molecule has 1 saturated heterocycles. The molecule has 0 aromatic heterocycles. The quantitative estimate of drug-likeness (QED) is 0.419. The first-order chi connectivity index (χ1) is 10.8.